The first-order chi connectivity index (χ1) is 14.2. The molecule has 7 nitrogen and oxygen atoms in total. The lowest BCUT2D eigenvalue weighted by molar-refractivity contribution is -0.908. The van der Waals surface area contributed by atoms with Crippen LogP contribution in [-0.2, 0) is 22.4 Å². The largest absolute Gasteiger partial charge is 0.484 e. The second-order valence-corrected chi connectivity index (χ2v) is 7.82. The third kappa shape index (κ3) is 4.97. The lowest BCUT2D eigenvalue weighted by Crippen LogP contribution is -3.14. The van der Waals surface area contributed by atoms with Crippen molar-refractivity contribution in [2.24, 2.45) is 0 Å². The molecule has 1 aliphatic heterocycles. The number of rotatable bonds is 7. The van der Waals surface area contributed by atoms with Gasteiger partial charge in [-0.1, -0.05) is 0 Å². The van der Waals surface area contributed by atoms with Crippen molar-refractivity contribution in [2.75, 3.05) is 46.0 Å². The van der Waals surface area contributed by atoms with Crippen LogP contribution >= 0.6 is 0 Å². The van der Waals surface area contributed by atoms with Crippen molar-refractivity contribution >= 4 is 16.9 Å². The van der Waals surface area contributed by atoms with Gasteiger partial charge in [0, 0.05) is 30.0 Å². The van der Waals surface area contributed by atoms with E-state index in [1.165, 1.54) is 4.90 Å². The van der Waals surface area contributed by atoms with E-state index < -0.39 is 0 Å². The van der Waals surface area contributed by atoms with Crippen LogP contribution in [-0.4, -0.2) is 51.9 Å². The highest BCUT2D eigenvalue weighted by molar-refractivity contribution is 5.83. The van der Waals surface area contributed by atoms with Crippen LogP contribution in [0.2, 0.25) is 0 Å². The van der Waals surface area contributed by atoms with Crippen LogP contribution in [0, 0.1) is 0 Å². The zero-order valence-corrected chi connectivity index (χ0v) is 16.8. The summed E-state index contributed by atoms with van der Waals surface area (Å²) in [5, 5.41) is 3.87. The summed E-state index contributed by atoms with van der Waals surface area (Å²) in [5.74, 6) is 0.387. The average Bonchev–Trinajstić information content (AvgIpc) is 2.76. The van der Waals surface area contributed by atoms with Crippen LogP contribution in [0.1, 0.15) is 30.4 Å². The Morgan fingerprint density at radius 3 is 2.76 bits per heavy atom. The van der Waals surface area contributed by atoms with E-state index in [-0.39, 0.29) is 18.1 Å². The van der Waals surface area contributed by atoms with E-state index in [2.05, 4.69) is 5.32 Å². The fourth-order valence-corrected chi connectivity index (χ4v) is 4.19. The minimum atomic E-state index is -0.246. The van der Waals surface area contributed by atoms with Crippen molar-refractivity contribution in [3.8, 4) is 5.75 Å². The van der Waals surface area contributed by atoms with E-state index in [0.717, 1.165) is 81.5 Å². The highest BCUT2D eigenvalue weighted by Gasteiger charge is 2.18. The molecule has 1 aliphatic carbocycles. The van der Waals surface area contributed by atoms with Crippen LogP contribution < -0.4 is 20.6 Å². The van der Waals surface area contributed by atoms with E-state index in [4.69, 9.17) is 13.9 Å². The van der Waals surface area contributed by atoms with Gasteiger partial charge in [-0.15, -0.1) is 0 Å². The van der Waals surface area contributed by atoms with Crippen molar-refractivity contribution in [2.45, 2.75) is 32.1 Å². The molecule has 0 saturated carbocycles. The predicted octanol–water partition coefficient (Wildman–Crippen LogP) is 0.472. The number of quaternary nitrogens is 1. The minimum absolute atomic E-state index is 0.0505. The Morgan fingerprint density at radius 2 is 1.93 bits per heavy atom. The Balaban J connectivity index is 1.28. The van der Waals surface area contributed by atoms with Crippen LogP contribution in [0.25, 0.3) is 11.0 Å². The van der Waals surface area contributed by atoms with Gasteiger partial charge >= 0.3 is 5.63 Å². The fraction of sp³-hybridized carbons (Fsp3) is 0.545. The SMILES string of the molecule is O=C(COc1ccc2c3c(c(=O)oc2c1)CCCC3)NCCC[NH+]1CCOCC1. The predicted molar refractivity (Wildman–Crippen MR) is 109 cm³/mol. The van der Waals surface area contributed by atoms with Crippen molar-refractivity contribution in [1.82, 2.24) is 5.32 Å². The molecule has 0 radical (unpaired) electrons. The molecule has 0 spiro atoms. The van der Waals surface area contributed by atoms with Crippen molar-refractivity contribution in [3.05, 3.63) is 39.7 Å². The Kier molecular flexibility index (Phi) is 6.46. The van der Waals surface area contributed by atoms with Gasteiger partial charge < -0.3 is 24.1 Å². The minimum Gasteiger partial charge on any atom is -0.484 e. The standard InChI is InChI=1S/C22H28N2O5/c25-21(23-8-3-9-24-10-12-27-13-11-24)15-28-16-6-7-18-17-4-1-2-5-19(17)22(26)29-20(18)14-16/h6-7,14H,1-5,8-13,15H2,(H,23,25)/p+1. The maximum Gasteiger partial charge on any atom is 0.339 e. The molecule has 7 heteroatoms. The first-order valence-corrected chi connectivity index (χ1v) is 10.6. The van der Waals surface area contributed by atoms with Gasteiger partial charge in [0.05, 0.1) is 19.8 Å². The Hall–Kier alpha value is -2.38. The molecule has 2 N–H and O–H groups in total. The average molecular weight is 401 g/mol. The summed E-state index contributed by atoms with van der Waals surface area (Å²) in [5.41, 5.74) is 2.21. The van der Waals surface area contributed by atoms with Crippen molar-refractivity contribution in [3.63, 3.8) is 0 Å². The van der Waals surface area contributed by atoms with Gasteiger partial charge in [-0.3, -0.25) is 4.79 Å². The summed E-state index contributed by atoms with van der Waals surface area (Å²) in [6.07, 6.45) is 4.77. The number of nitrogens with one attached hydrogen (secondary N) is 2. The number of carbonyl (C=O) groups is 1. The molecule has 4 rings (SSSR count). The molecule has 1 aromatic carbocycles. The first kappa shape index (κ1) is 19.9. The number of amides is 1. The molecule has 2 aliphatic rings. The van der Waals surface area contributed by atoms with Gasteiger partial charge in [0.2, 0.25) is 0 Å². The summed E-state index contributed by atoms with van der Waals surface area (Å²) >= 11 is 0. The molecule has 1 aromatic heterocycles. The molecule has 1 amide bonds. The van der Waals surface area contributed by atoms with Crippen molar-refractivity contribution < 1.29 is 23.6 Å². The lowest BCUT2D eigenvalue weighted by Gasteiger charge is -2.23. The Labute approximate surface area is 170 Å². The first-order valence-electron chi connectivity index (χ1n) is 10.6. The third-order valence-corrected chi connectivity index (χ3v) is 5.79. The van der Waals surface area contributed by atoms with Gasteiger partial charge in [0.15, 0.2) is 6.61 Å². The number of hydrogen-bond donors (Lipinski definition) is 2. The third-order valence-electron chi connectivity index (χ3n) is 5.79. The van der Waals surface area contributed by atoms with E-state index in [1.54, 1.807) is 6.07 Å². The molecule has 0 bridgehead atoms. The number of benzene rings is 1. The summed E-state index contributed by atoms with van der Waals surface area (Å²) in [7, 11) is 0. The van der Waals surface area contributed by atoms with Gasteiger partial charge in [-0.25, -0.2) is 4.79 Å². The second kappa shape index (κ2) is 9.41. The van der Waals surface area contributed by atoms with E-state index in [9.17, 15) is 9.59 Å². The molecule has 29 heavy (non-hydrogen) atoms. The van der Waals surface area contributed by atoms with Gasteiger partial charge in [-0.05, 0) is 43.4 Å². The number of aryl methyl sites for hydroxylation is 1. The molecule has 2 aromatic rings. The topological polar surface area (TPSA) is 82.2 Å². The summed E-state index contributed by atoms with van der Waals surface area (Å²) < 4.78 is 16.5. The van der Waals surface area contributed by atoms with Crippen LogP contribution in [0.5, 0.6) is 5.75 Å². The Bertz CT molecular complexity index is 917. The molecule has 1 saturated heterocycles. The molecule has 2 heterocycles. The Morgan fingerprint density at radius 1 is 1.14 bits per heavy atom. The highest BCUT2D eigenvalue weighted by atomic mass is 16.5. The molecule has 0 atom stereocenters. The number of hydrogen-bond acceptors (Lipinski definition) is 5. The zero-order chi connectivity index (χ0) is 20.1. The van der Waals surface area contributed by atoms with E-state index >= 15 is 0 Å². The number of carbonyl (C=O) groups excluding carboxylic acids is 1. The van der Waals surface area contributed by atoms with E-state index in [1.807, 2.05) is 12.1 Å². The normalized spacial score (nSPS) is 17.1. The fourth-order valence-electron chi connectivity index (χ4n) is 4.19. The maximum atomic E-state index is 12.2. The molecule has 156 valence electrons. The highest BCUT2D eigenvalue weighted by Crippen LogP contribution is 2.29. The molecular formula is C22H29N2O5+. The van der Waals surface area contributed by atoms with Crippen LogP contribution in [0.3, 0.4) is 0 Å². The molecular weight excluding hydrogens is 372 g/mol. The van der Waals surface area contributed by atoms with Crippen LogP contribution in [0.4, 0.5) is 0 Å². The number of morpholine rings is 1. The van der Waals surface area contributed by atoms with Crippen molar-refractivity contribution in [1.29, 1.82) is 0 Å². The molecule has 1 fully saturated rings. The number of fused-ring (bicyclic) bond motifs is 3. The summed E-state index contributed by atoms with van der Waals surface area (Å²) in [6, 6.07) is 5.48. The maximum absolute atomic E-state index is 12.2. The zero-order valence-electron chi connectivity index (χ0n) is 16.8. The molecule has 0 unspecified atom stereocenters. The van der Waals surface area contributed by atoms with Gasteiger partial charge in [0.25, 0.3) is 5.91 Å². The second-order valence-electron chi connectivity index (χ2n) is 7.82. The number of ether oxygens (including phenoxy) is 2. The quantitative estimate of drug-likeness (QED) is 0.521. The van der Waals surface area contributed by atoms with Gasteiger partial charge in [-0.2, -0.15) is 0 Å². The summed E-state index contributed by atoms with van der Waals surface area (Å²) in [6.45, 7) is 5.36. The van der Waals surface area contributed by atoms with Crippen LogP contribution in [0.15, 0.2) is 27.4 Å². The smallest absolute Gasteiger partial charge is 0.339 e. The monoisotopic (exact) mass is 401 g/mol. The lowest BCUT2D eigenvalue weighted by atomic mass is 9.91. The van der Waals surface area contributed by atoms with Gasteiger partial charge in [0.1, 0.15) is 24.4 Å². The summed E-state index contributed by atoms with van der Waals surface area (Å²) in [4.78, 5) is 25.8. The van der Waals surface area contributed by atoms with E-state index in [0.29, 0.717) is 17.9 Å².